The summed E-state index contributed by atoms with van der Waals surface area (Å²) in [5, 5.41) is 0. The van der Waals surface area contributed by atoms with Crippen molar-refractivity contribution in [2.45, 2.75) is 20.8 Å². The topological polar surface area (TPSA) is 83.1 Å². The van der Waals surface area contributed by atoms with Crippen LogP contribution in [0, 0.1) is 0 Å². The normalized spacial score (nSPS) is 11.1. The summed E-state index contributed by atoms with van der Waals surface area (Å²) in [6.45, 7) is 13.5. The van der Waals surface area contributed by atoms with Crippen LogP contribution in [-0.2, 0) is 28.4 Å². The summed E-state index contributed by atoms with van der Waals surface area (Å²) in [6.07, 6.45) is 0. The smallest absolute Gasteiger partial charge is 0.203 e. The zero-order chi connectivity index (χ0) is 24.7. The summed E-state index contributed by atoms with van der Waals surface area (Å²) in [5.74, 6) is 1.63. The predicted molar refractivity (Wildman–Crippen MR) is 133 cm³/mol. The van der Waals surface area contributed by atoms with Crippen molar-refractivity contribution in [3.8, 4) is 17.2 Å². The Bertz CT molecular complexity index is 565. The molecule has 0 bridgehead atoms. The fourth-order valence-corrected chi connectivity index (χ4v) is 3.03. The molecule has 1 aromatic rings. The van der Waals surface area contributed by atoms with Crippen molar-refractivity contribution in [3.05, 3.63) is 16.6 Å². The zero-order valence-electron chi connectivity index (χ0n) is 20.8. The lowest BCUT2D eigenvalue weighted by atomic mass is 10.3. The number of ether oxygens (including phenoxy) is 9. The van der Waals surface area contributed by atoms with Gasteiger partial charge in [-0.1, -0.05) is 15.9 Å². The number of hydrogen-bond acceptors (Lipinski definition) is 9. The average molecular weight is 553 g/mol. The van der Waals surface area contributed by atoms with Crippen molar-refractivity contribution in [1.29, 1.82) is 0 Å². The Labute approximate surface area is 212 Å². The first-order chi connectivity index (χ1) is 16.7. The maximum Gasteiger partial charge on any atom is 0.203 e. The highest BCUT2D eigenvalue weighted by molar-refractivity contribution is 9.10. The van der Waals surface area contributed by atoms with Crippen LogP contribution in [0.25, 0.3) is 0 Å². The highest BCUT2D eigenvalue weighted by atomic mass is 79.9. The third-order valence-electron chi connectivity index (χ3n) is 4.16. The third kappa shape index (κ3) is 15.7. The maximum absolute atomic E-state index is 5.99. The van der Waals surface area contributed by atoms with Crippen molar-refractivity contribution in [1.82, 2.24) is 0 Å². The lowest BCUT2D eigenvalue weighted by Crippen LogP contribution is -2.14. The summed E-state index contributed by atoms with van der Waals surface area (Å²) in [6, 6.07) is 3.69. The molecule has 10 heteroatoms. The van der Waals surface area contributed by atoms with Gasteiger partial charge in [0.1, 0.15) is 19.8 Å². The van der Waals surface area contributed by atoms with E-state index in [0.717, 1.165) is 4.47 Å². The minimum Gasteiger partial charge on any atom is -0.487 e. The molecule has 0 unspecified atom stereocenters. The van der Waals surface area contributed by atoms with Crippen LogP contribution in [0.15, 0.2) is 16.6 Å². The molecule has 0 saturated heterocycles. The van der Waals surface area contributed by atoms with Crippen LogP contribution in [0.4, 0.5) is 0 Å². The van der Waals surface area contributed by atoms with E-state index in [4.69, 9.17) is 42.6 Å². The minimum absolute atomic E-state index is 0.343. The summed E-state index contributed by atoms with van der Waals surface area (Å²) in [5.41, 5.74) is 0. The first kappa shape index (κ1) is 30.9. The molecule has 34 heavy (non-hydrogen) atoms. The Morgan fingerprint density at radius 3 is 1.18 bits per heavy atom. The number of halogens is 1. The van der Waals surface area contributed by atoms with Crippen LogP contribution < -0.4 is 14.2 Å². The van der Waals surface area contributed by atoms with Gasteiger partial charge in [0.25, 0.3) is 0 Å². The molecule has 0 radical (unpaired) electrons. The highest BCUT2D eigenvalue weighted by Gasteiger charge is 2.15. The van der Waals surface area contributed by atoms with Crippen molar-refractivity contribution >= 4 is 15.9 Å². The fraction of sp³-hybridized carbons (Fsp3) is 0.750. The first-order valence-electron chi connectivity index (χ1n) is 11.9. The van der Waals surface area contributed by atoms with Gasteiger partial charge >= 0.3 is 0 Å². The number of rotatable bonds is 24. The van der Waals surface area contributed by atoms with Gasteiger partial charge in [-0.2, -0.15) is 0 Å². The second-order valence-corrected chi connectivity index (χ2v) is 7.62. The van der Waals surface area contributed by atoms with E-state index < -0.39 is 0 Å². The molecule has 1 aromatic carbocycles. The van der Waals surface area contributed by atoms with Crippen molar-refractivity contribution in [3.63, 3.8) is 0 Å². The molecular weight excluding hydrogens is 512 g/mol. The Morgan fingerprint density at radius 2 is 0.794 bits per heavy atom. The van der Waals surface area contributed by atoms with Gasteiger partial charge in [-0.25, -0.2) is 0 Å². The van der Waals surface area contributed by atoms with Crippen LogP contribution in [0.3, 0.4) is 0 Å². The molecule has 0 aliphatic carbocycles. The SMILES string of the molecule is CCOCCOCCOc1cc(Br)cc(OCCOCCOCC)c1OCCOCCOCC. The van der Waals surface area contributed by atoms with Gasteiger partial charge < -0.3 is 42.6 Å². The van der Waals surface area contributed by atoms with E-state index in [9.17, 15) is 0 Å². The van der Waals surface area contributed by atoms with Crippen LogP contribution in [0.5, 0.6) is 17.2 Å². The van der Waals surface area contributed by atoms with Gasteiger partial charge in [0.2, 0.25) is 5.75 Å². The monoisotopic (exact) mass is 552 g/mol. The van der Waals surface area contributed by atoms with Crippen molar-refractivity contribution in [2.24, 2.45) is 0 Å². The van der Waals surface area contributed by atoms with Gasteiger partial charge in [-0.05, 0) is 32.9 Å². The van der Waals surface area contributed by atoms with Gasteiger partial charge in [-0.3, -0.25) is 0 Å². The van der Waals surface area contributed by atoms with Crippen LogP contribution >= 0.6 is 15.9 Å². The highest BCUT2D eigenvalue weighted by Crippen LogP contribution is 2.40. The van der Waals surface area contributed by atoms with E-state index in [0.29, 0.717) is 116 Å². The van der Waals surface area contributed by atoms with E-state index in [-0.39, 0.29) is 0 Å². The molecule has 0 aliphatic rings. The Balaban J connectivity index is 2.61. The quantitative estimate of drug-likeness (QED) is 0.178. The van der Waals surface area contributed by atoms with Gasteiger partial charge in [0, 0.05) is 24.3 Å². The maximum atomic E-state index is 5.99. The first-order valence-corrected chi connectivity index (χ1v) is 12.7. The Kier molecular flexibility index (Phi) is 20.3. The Hall–Kier alpha value is -1.14. The average Bonchev–Trinajstić information content (AvgIpc) is 2.83. The molecule has 0 atom stereocenters. The second kappa shape index (κ2) is 22.3. The molecule has 0 spiro atoms. The van der Waals surface area contributed by atoms with Gasteiger partial charge in [-0.15, -0.1) is 0 Å². The molecule has 0 amide bonds. The molecule has 9 nitrogen and oxygen atoms in total. The molecule has 0 fully saturated rings. The minimum atomic E-state index is 0.343. The molecular formula is C24H41BrO9. The van der Waals surface area contributed by atoms with Crippen molar-refractivity contribution in [2.75, 3.05) is 99.1 Å². The molecule has 0 N–H and O–H groups in total. The van der Waals surface area contributed by atoms with E-state index in [1.165, 1.54) is 0 Å². The molecule has 1 rings (SSSR count). The van der Waals surface area contributed by atoms with Crippen molar-refractivity contribution < 1.29 is 42.6 Å². The lowest BCUT2D eigenvalue weighted by molar-refractivity contribution is 0.0346. The van der Waals surface area contributed by atoms with Gasteiger partial charge in [0.15, 0.2) is 11.5 Å². The fourth-order valence-electron chi connectivity index (χ4n) is 2.62. The molecule has 0 saturated carbocycles. The van der Waals surface area contributed by atoms with Crippen LogP contribution in [0.1, 0.15) is 20.8 Å². The van der Waals surface area contributed by atoms with Crippen LogP contribution in [0.2, 0.25) is 0 Å². The predicted octanol–water partition coefficient (Wildman–Crippen LogP) is 3.74. The molecule has 0 heterocycles. The molecule has 0 aromatic heterocycles. The number of benzene rings is 1. The van der Waals surface area contributed by atoms with E-state index in [1.807, 2.05) is 32.9 Å². The van der Waals surface area contributed by atoms with E-state index >= 15 is 0 Å². The van der Waals surface area contributed by atoms with E-state index in [2.05, 4.69) is 15.9 Å². The summed E-state index contributed by atoms with van der Waals surface area (Å²) >= 11 is 3.52. The van der Waals surface area contributed by atoms with Crippen LogP contribution in [-0.4, -0.2) is 99.1 Å². The zero-order valence-corrected chi connectivity index (χ0v) is 22.4. The summed E-state index contributed by atoms with van der Waals surface area (Å²) in [7, 11) is 0. The Morgan fingerprint density at radius 1 is 0.471 bits per heavy atom. The molecule has 198 valence electrons. The second-order valence-electron chi connectivity index (χ2n) is 6.70. The molecule has 0 aliphatic heterocycles. The largest absolute Gasteiger partial charge is 0.487 e. The standard InChI is InChI=1S/C24H41BrO9/c1-4-26-7-10-29-13-16-32-22-19-21(25)20-23(33-17-14-30-11-8-27-5-2)24(22)34-18-15-31-12-9-28-6-3/h19-20H,4-18H2,1-3H3. The summed E-state index contributed by atoms with van der Waals surface area (Å²) in [4.78, 5) is 0. The number of hydrogen-bond donors (Lipinski definition) is 0. The lowest BCUT2D eigenvalue weighted by Gasteiger charge is -2.18. The van der Waals surface area contributed by atoms with E-state index in [1.54, 1.807) is 0 Å². The van der Waals surface area contributed by atoms with Gasteiger partial charge in [0.05, 0.1) is 59.5 Å². The summed E-state index contributed by atoms with van der Waals surface area (Å²) < 4.78 is 51.1. The third-order valence-corrected chi connectivity index (χ3v) is 4.62.